The number of hydrogen-bond donors (Lipinski definition) is 6. The lowest BCUT2D eigenvalue weighted by molar-refractivity contribution is 0.0944. The fraction of sp³-hybridized carbons (Fsp3) is 0.562. The second-order valence-corrected chi connectivity index (χ2v) is 51.8. The van der Waals surface area contributed by atoms with Crippen LogP contribution in [-0.2, 0) is 44.6 Å². The number of amides is 6. The van der Waals surface area contributed by atoms with Crippen LogP contribution in [0.3, 0.4) is 0 Å². The number of carbonyl (C=O) groups excluding carboxylic acids is 6. The summed E-state index contributed by atoms with van der Waals surface area (Å²) in [5.41, 5.74) is 6.61. The molecule has 4 aromatic carbocycles. The van der Waals surface area contributed by atoms with Gasteiger partial charge in [-0.25, -0.2) is 19.2 Å². The molecule has 6 N–H and O–H groups in total. The summed E-state index contributed by atoms with van der Waals surface area (Å²) in [6.07, 6.45) is 7.57. The first-order valence-electron chi connectivity index (χ1n) is 34.8. The highest BCUT2D eigenvalue weighted by molar-refractivity contribution is 6.77. The second kappa shape index (κ2) is 43.9. The summed E-state index contributed by atoms with van der Waals surface area (Å²) in [7, 11) is -5.36. The van der Waals surface area contributed by atoms with E-state index in [1.807, 2.05) is 6.08 Å². The molecule has 0 radical (unpaired) electrons. The van der Waals surface area contributed by atoms with E-state index in [1.54, 1.807) is 36.4 Å². The number of alkyl carbamates (subject to hydrolysis) is 4. The van der Waals surface area contributed by atoms with Gasteiger partial charge in [0.1, 0.15) is 23.0 Å². The van der Waals surface area contributed by atoms with Crippen LogP contribution in [0.15, 0.2) is 85.4 Å². The van der Waals surface area contributed by atoms with Gasteiger partial charge in [-0.05, 0) is 147 Å². The molecule has 0 atom stereocenters. The quantitative estimate of drug-likeness (QED) is 0.0137. The van der Waals surface area contributed by atoms with Crippen molar-refractivity contribution in [2.24, 2.45) is 0 Å². The van der Waals surface area contributed by atoms with Crippen LogP contribution in [0.4, 0.5) is 19.2 Å². The number of benzene rings is 4. The lowest BCUT2D eigenvalue weighted by Crippen LogP contribution is -2.29. The van der Waals surface area contributed by atoms with Crippen LogP contribution in [-0.4, -0.2) is 161 Å². The zero-order valence-corrected chi connectivity index (χ0v) is 64.5. The second-order valence-electron chi connectivity index (χ2n) is 29.4. The van der Waals surface area contributed by atoms with Crippen molar-refractivity contribution in [3.05, 3.63) is 124 Å². The Kier molecular flexibility index (Phi) is 37.2. The zero-order chi connectivity index (χ0) is 71.1. The molecular formula is C73H116N6O14Si4. The van der Waals surface area contributed by atoms with E-state index < -0.39 is 56.7 Å². The molecular weight excluding hydrogens is 1300 g/mol. The Balaban J connectivity index is 1.40. The first-order chi connectivity index (χ1) is 46.0. The van der Waals surface area contributed by atoms with Crippen molar-refractivity contribution in [1.29, 1.82) is 0 Å². The van der Waals surface area contributed by atoms with E-state index in [9.17, 15) is 28.8 Å². The minimum absolute atomic E-state index is 0.271. The number of carbonyl (C=O) groups is 6. The van der Waals surface area contributed by atoms with E-state index in [1.165, 1.54) is 11.1 Å². The van der Waals surface area contributed by atoms with E-state index in [0.29, 0.717) is 151 Å². The Bertz CT molecular complexity index is 2760. The summed E-state index contributed by atoms with van der Waals surface area (Å²) in [5, 5.41) is 17.4. The number of rotatable bonds is 47. The normalized spacial score (nSPS) is 11.5. The molecule has 97 heavy (non-hydrogen) atoms. The van der Waals surface area contributed by atoms with Crippen molar-refractivity contribution in [1.82, 2.24) is 31.9 Å². The molecule has 0 aromatic heterocycles. The van der Waals surface area contributed by atoms with E-state index in [4.69, 9.17) is 37.9 Å². The maximum atomic E-state index is 13.9. The van der Waals surface area contributed by atoms with Gasteiger partial charge < -0.3 is 69.8 Å². The van der Waals surface area contributed by atoms with Crippen LogP contribution in [0.25, 0.3) is 6.08 Å². The van der Waals surface area contributed by atoms with E-state index in [2.05, 4.69) is 160 Å². The Morgan fingerprint density at radius 1 is 0.330 bits per heavy atom. The Labute approximate surface area is 582 Å². The van der Waals surface area contributed by atoms with Crippen LogP contribution >= 0.6 is 0 Å². The maximum Gasteiger partial charge on any atom is 0.407 e. The van der Waals surface area contributed by atoms with Gasteiger partial charge in [0.2, 0.25) is 0 Å². The minimum Gasteiger partial charge on any atom is -0.493 e. The van der Waals surface area contributed by atoms with Gasteiger partial charge in [-0.3, -0.25) is 9.59 Å². The van der Waals surface area contributed by atoms with Crippen LogP contribution in [0.2, 0.25) is 103 Å². The van der Waals surface area contributed by atoms with Gasteiger partial charge >= 0.3 is 24.4 Å². The van der Waals surface area contributed by atoms with Gasteiger partial charge in [0.15, 0.2) is 0 Å². The lowest BCUT2D eigenvalue weighted by atomic mass is 9.96. The average molecular weight is 1410 g/mol. The summed E-state index contributed by atoms with van der Waals surface area (Å²) < 4.78 is 45.9. The molecule has 0 bridgehead atoms. The lowest BCUT2D eigenvalue weighted by Gasteiger charge is -2.15. The van der Waals surface area contributed by atoms with Gasteiger partial charge in [0.25, 0.3) is 11.8 Å². The summed E-state index contributed by atoms with van der Waals surface area (Å²) in [6, 6.07) is 29.0. The van der Waals surface area contributed by atoms with Gasteiger partial charge in [-0.2, -0.15) is 0 Å². The first-order valence-corrected chi connectivity index (χ1v) is 49.7. The molecule has 0 aliphatic rings. The molecule has 6 amide bonds. The van der Waals surface area contributed by atoms with Crippen LogP contribution in [0, 0.1) is 0 Å². The highest BCUT2D eigenvalue weighted by Gasteiger charge is 2.19. The average Bonchev–Trinajstić information content (AvgIpc) is 0.933. The maximum absolute atomic E-state index is 13.9. The van der Waals surface area contributed by atoms with Crippen molar-refractivity contribution in [2.45, 2.75) is 173 Å². The fourth-order valence-electron chi connectivity index (χ4n) is 9.34. The van der Waals surface area contributed by atoms with E-state index in [-0.39, 0.29) is 38.2 Å². The van der Waals surface area contributed by atoms with Crippen molar-refractivity contribution < 1.29 is 66.7 Å². The van der Waals surface area contributed by atoms with E-state index >= 15 is 0 Å². The van der Waals surface area contributed by atoms with E-state index in [0.717, 1.165) is 60.1 Å². The minimum atomic E-state index is -1.34. The number of hydrogen-bond acceptors (Lipinski definition) is 14. The number of ether oxygens (including phenoxy) is 8. The van der Waals surface area contributed by atoms with Gasteiger partial charge in [0.05, 0.1) is 52.9 Å². The van der Waals surface area contributed by atoms with Gasteiger partial charge in [0, 0.05) is 94.8 Å². The fourth-order valence-corrected chi connectivity index (χ4v) is 12.2. The van der Waals surface area contributed by atoms with Crippen molar-refractivity contribution in [3.8, 4) is 23.0 Å². The van der Waals surface area contributed by atoms with Crippen LogP contribution in [0.5, 0.6) is 23.0 Å². The van der Waals surface area contributed by atoms with Crippen molar-refractivity contribution in [2.75, 3.05) is 92.1 Å². The molecule has 0 spiro atoms. The smallest absolute Gasteiger partial charge is 0.407 e. The van der Waals surface area contributed by atoms with Crippen LogP contribution in [0.1, 0.15) is 93.5 Å². The van der Waals surface area contributed by atoms with Crippen molar-refractivity contribution in [3.63, 3.8) is 0 Å². The SMILES string of the molecule is C=Cc1ccc(CCCc2cc(CCCNC(=O)c3cc(OCCCNC(=O)OCC[Si](C)(C)C)cc(OCCCNC(=O)OCC[Si](C)(C)C)c3)cc(CCCNC(=O)c3cc(OCCCNC(=O)OCC[Si](C)(C)C)cc(OCCCNC(=O)OCC[Si](C)(C)C)c3)c2)cc1. The summed E-state index contributed by atoms with van der Waals surface area (Å²) in [6.45, 7) is 35.5. The molecule has 0 heterocycles. The predicted octanol–water partition coefficient (Wildman–Crippen LogP) is 14.6. The molecule has 538 valence electrons. The molecule has 0 unspecified atom stereocenters. The number of aryl methyl sites for hydroxylation is 4. The molecule has 4 rings (SSSR count). The molecule has 0 aliphatic heterocycles. The molecule has 0 fully saturated rings. The Morgan fingerprint density at radius 3 is 0.876 bits per heavy atom. The molecule has 0 saturated carbocycles. The third-order valence-electron chi connectivity index (χ3n) is 15.2. The monoisotopic (exact) mass is 1410 g/mol. The van der Waals surface area contributed by atoms with Gasteiger partial charge in [-0.1, -0.05) is 134 Å². The molecule has 4 aromatic rings. The molecule has 0 aliphatic carbocycles. The third kappa shape index (κ3) is 40.3. The highest BCUT2D eigenvalue weighted by Crippen LogP contribution is 2.26. The Morgan fingerprint density at radius 2 is 0.598 bits per heavy atom. The van der Waals surface area contributed by atoms with Gasteiger partial charge in [-0.15, -0.1) is 0 Å². The summed E-state index contributed by atoms with van der Waals surface area (Å²) in [4.78, 5) is 76.9. The zero-order valence-electron chi connectivity index (χ0n) is 60.5. The predicted molar refractivity (Wildman–Crippen MR) is 400 cm³/mol. The largest absolute Gasteiger partial charge is 0.493 e. The highest BCUT2D eigenvalue weighted by atomic mass is 28.3. The summed E-state index contributed by atoms with van der Waals surface area (Å²) in [5.74, 6) is 1.20. The molecule has 0 saturated heterocycles. The third-order valence-corrected chi connectivity index (χ3v) is 22.0. The molecule has 20 nitrogen and oxygen atoms in total. The number of nitrogens with one attached hydrogen (secondary N) is 6. The first kappa shape index (κ1) is 82.1. The Hall–Kier alpha value is -7.29. The standard InChI is InChI=1S/C73H116N6O14Si4/c1-14-57-26-28-58(29-27-57)22-15-23-59-48-60(24-16-30-74-68(80)62-51-64(86-36-18-32-76-70(82)90-40-44-94(2,3)4)55-65(52-62)87-37-19-33-77-71(83)91-41-45-95(5,6)7)50-61(49-59)25-17-31-75-69(81)63-53-66(88-38-20-34-78-72(84)92-42-46-96(8,9)10)56-67(54-63)89-39-21-35-79-73(85)93-43-47-97(11,12)13/h14,26-29,48-56H,1,15-25,30-47H2,2-13H3,(H,74,80)(H,75,81)(H,76,82)(H,77,83)(H,78,84)(H,79,85). The molecule has 24 heteroatoms. The topological polar surface area (TPSA) is 248 Å². The van der Waals surface area contributed by atoms with Crippen LogP contribution < -0.4 is 50.8 Å². The van der Waals surface area contributed by atoms with Crippen molar-refractivity contribution >= 4 is 74.6 Å². The summed E-state index contributed by atoms with van der Waals surface area (Å²) >= 11 is 0.